The van der Waals surface area contributed by atoms with Gasteiger partial charge in [0.15, 0.2) is 0 Å². The van der Waals surface area contributed by atoms with Gasteiger partial charge in [-0.3, -0.25) is 0 Å². The van der Waals surface area contributed by atoms with Gasteiger partial charge in [-0.25, -0.2) is 0 Å². The first-order valence-corrected chi connectivity index (χ1v) is 21.0. The molecule has 11 rings (SSSR count). The van der Waals surface area contributed by atoms with Crippen LogP contribution in [0.4, 0.5) is 17.1 Å². The fourth-order valence-electron chi connectivity index (χ4n) is 9.05. The highest BCUT2D eigenvalue weighted by molar-refractivity contribution is 6.09. The van der Waals surface area contributed by atoms with Crippen molar-refractivity contribution < 1.29 is 0 Å². The Morgan fingerprint density at radius 2 is 0.738 bits per heavy atom. The Labute approximate surface area is 357 Å². The number of benzene rings is 11. The van der Waals surface area contributed by atoms with Gasteiger partial charge in [0.25, 0.3) is 0 Å². The van der Waals surface area contributed by atoms with Gasteiger partial charge < -0.3 is 4.90 Å². The highest BCUT2D eigenvalue weighted by Crippen LogP contribution is 2.45. The first-order valence-electron chi connectivity index (χ1n) is 21.0. The van der Waals surface area contributed by atoms with Crippen molar-refractivity contribution in [2.45, 2.75) is 0 Å². The number of hydrogen-bond acceptors (Lipinski definition) is 1. The van der Waals surface area contributed by atoms with Crippen LogP contribution < -0.4 is 4.90 Å². The Bertz CT molecular complexity index is 3330. The van der Waals surface area contributed by atoms with Crippen molar-refractivity contribution in [3.63, 3.8) is 0 Å². The molecule has 11 aromatic rings. The van der Waals surface area contributed by atoms with Crippen molar-refractivity contribution in [3.05, 3.63) is 249 Å². The minimum atomic E-state index is 1.08. The molecule has 0 radical (unpaired) electrons. The monoisotopic (exact) mass is 775 g/mol. The summed E-state index contributed by atoms with van der Waals surface area (Å²) in [4.78, 5) is 2.43. The lowest BCUT2D eigenvalue weighted by molar-refractivity contribution is 1.28. The van der Waals surface area contributed by atoms with Crippen LogP contribution in [0.5, 0.6) is 0 Å². The zero-order chi connectivity index (χ0) is 40.5. The van der Waals surface area contributed by atoms with Crippen LogP contribution in [-0.2, 0) is 0 Å². The lowest BCUT2D eigenvalue weighted by Crippen LogP contribution is -2.11. The smallest absolute Gasteiger partial charge is 0.0540 e. The van der Waals surface area contributed by atoms with Crippen LogP contribution >= 0.6 is 0 Å². The van der Waals surface area contributed by atoms with Gasteiger partial charge in [-0.1, -0.05) is 206 Å². The highest BCUT2D eigenvalue weighted by atomic mass is 15.1. The van der Waals surface area contributed by atoms with Crippen molar-refractivity contribution in [1.82, 2.24) is 0 Å². The van der Waals surface area contributed by atoms with Gasteiger partial charge >= 0.3 is 0 Å². The Morgan fingerprint density at radius 1 is 0.230 bits per heavy atom. The molecular weight excluding hydrogens is 735 g/mol. The molecule has 0 aliphatic rings. The van der Waals surface area contributed by atoms with E-state index in [1.54, 1.807) is 0 Å². The first kappa shape index (κ1) is 36.1. The third-order valence-corrected chi connectivity index (χ3v) is 12.0. The lowest BCUT2D eigenvalue weighted by atomic mass is 9.89. The van der Waals surface area contributed by atoms with Gasteiger partial charge in [-0.15, -0.1) is 0 Å². The highest BCUT2D eigenvalue weighted by Gasteiger charge is 2.20. The van der Waals surface area contributed by atoms with E-state index in [4.69, 9.17) is 0 Å². The molecule has 0 unspecified atom stereocenters. The fourth-order valence-corrected chi connectivity index (χ4v) is 9.05. The second-order valence-electron chi connectivity index (χ2n) is 15.7. The molecule has 11 aromatic carbocycles. The zero-order valence-electron chi connectivity index (χ0n) is 33.6. The molecule has 0 spiro atoms. The van der Waals surface area contributed by atoms with Crippen molar-refractivity contribution in [2.75, 3.05) is 4.90 Å². The predicted octanol–water partition coefficient (Wildman–Crippen LogP) is 17.0. The van der Waals surface area contributed by atoms with Gasteiger partial charge in [0.2, 0.25) is 0 Å². The Hall–Kier alpha value is -8.00. The van der Waals surface area contributed by atoms with Gasteiger partial charge in [-0.05, 0) is 125 Å². The van der Waals surface area contributed by atoms with Crippen LogP contribution in [0, 0.1) is 0 Å². The summed E-state index contributed by atoms with van der Waals surface area (Å²) in [5.41, 5.74) is 15.2. The molecule has 0 heterocycles. The molecule has 0 aliphatic heterocycles. The summed E-state index contributed by atoms with van der Waals surface area (Å²) in [6.07, 6.45) is 0. The van der Waals surface area contributed by atoms with Crippen LogP contribution in [-0.4, -0.2) is 0 Å². The molecule has 0 aliphatic carbocycles. The molecule has 1 nitrogen and oxygen atoms in total. The topological polar surface area (TPSA) is 3.24 Å². The summed E-state index contributed by atoms with van der Waals surface area (Å²) in [7, 11) is 0. The average molecular weight is 776 g/mol. The predicted molar refractivity (Wildman–Crippen MR) is 261 cm³/mol. The van der Waals surface area contributed by atoms with Crippen LogP contribution in [0.25, 0.3) is 88.0 Å². The molecule has 0 saturated carbocycles. The molecule has 0 saturated heterocycles. The zero-order valence-corrected chi connectivity index (χ0v) is 33.6. The maximum absolute atomic E-state index is 2.43. The van der Waals surface area contributed by atoms with Crippen LogP contribution in [0.1, 0.15) is 0 Å². The van der Waals surface area contributed by atoms with Gasteiger partial charge in [0.1, 0.15) is 0 Å². The second kappa shape index (κ2) is 15.6. The summed E-state index contributed by atoms with van der Waals surface area (Å²) in [6.45, 7) is 0. The number of rotatable bonds is 8. The largest absolute Gasteiger partial charge is 0.310 e. The van der Waals surface area contributed by atoms with Crippen molar-refractivity contribution in [3.8, 4) is 55.6 Å². The Kier molecular flexibility index (Phi) is 9.26. The van der Waals surface area contributed by atoms with Crippen LogP contribution in [0.2, 0.25) is 0 Å². The van der Waals surface area contributed by atoms with E-state index in [0.717, 1.165) is 28.2 Å². The van der Waals surface area contributed by atoms with Gasteiger partial charge in [-0.2, -0.15) is 0 Å². The summed E-state index contributed by atoms with van der Waals surface area (Å²) < 4.78 is 0. The van der Waals surface area contributed by atoms with E-state index >= 15 is 0 Å². The molecule has 0 N–H and O–H groups in total. The molecule has 0 fully saturated rings. The van der Waals surface area contributed by atoms with E-state index < -0.39 is 0 Å². The summed E-state index contributed by atoms with van der Waals surface area (Å²) in [5, 5.41) is 7.52. The van der Waals surface area contributed by atoms with Crippen molar-refractivity contribution >= 4 is 49.4 Å². The fraction of sp³-hybridized carbons (Fsp3) is 0. The minimum Gasteiger partial charge on any atom is -0.310 e. The SMILES string of the molecule is c1ccc(-c2ccc(N(c3ccc(-c4c(-c5ccccc5)ccc5ccccc45)cc3)c3cccc(-c4ccc5c(ccc6ccccc65)c4)c3)c(-c3ccccc3)c2)cc1. The molecule has 61 heavy (non-hydrogen) atoms. The number of hydrogen-bond donors (Lipinski definition) is 0. The third-order valence-electron chi connectivity index (χ3n) is 12.0. The number of nitrogens with zero attached hydrogens (tertiary/aromatic N) is 1. The Morgan fingerprint density at radius 3 is 1.48 bits per heavy atom. The summed E-state index contributed by atoms with van der Waals surface area (Å²) >= 11 is 0. The Balaban J connectivity index is 1.09. The summed E-state index contributed by atoms with van der Waals surface area (Å²) in [5.74, 6) is 0. The summed E-state index contributed by atoms with van der Waals surface area (Å²) in [6, 6.07) is 90.5. The molecule has 0 bridgehead atoms. The quantitative estimate of drug-likeness (QED) is 0.139. The van der Waals surface area contributed by atoms with E-state index in [2.05, 4.69) is 254 Å². The minimum absolute atomic E-state index is 1.08. The lowest BCUT2D eigenvalue weighted by Gasteiger charge is -2.29. The van der Waals surface area contributed by atoms with E-state index in [1.807, 2.05) is 0 Å². The molecule has 286 valence electrons. The van der Waals surface area contributed by atoms with Crippen molar-refractivity contribution in [1.29, 1.82) is 0 Å². The van der Waals surface area contributed by atoms with E-state index in [9.17, 15) is 0 Å². The van der Waals surface area contributed by atoms with Crippen molar-refractivity contribution in [2.24, 2.45) is 0 Å². The molecule has 0 aromatic heterocycles. The van der Waals surface area contributed by atoms with Gasteiger partial charge in [0.05, 0.1) is 5.69 Å². The average Bonchev–Trinajstić information content (AvgIpc) is 3.35. The molecule has 1 heteroatoms. The number of anilines is 3. The standard InChI is InChI=1S/C60H41N/c1-4-15-42(16-5-1)50-33-38-59(58(41-50)44-19-8-3-9-20-44)61(53-24-14-23-48(40-53)49-32-36-55-51(39-49)28-27-45-21-10-12-25-54(45)55)52-34-29-47(30-35-52)60-56-26-13-11-22-46(56)31-37-57(60)43-17-6-2-7-18-43/h1-41H. The second-order valence-corrected chi connectivity index (χ2v) is 15.7. The van der Waals surface area contributed by atoms with E-state index in [-0.39, 0.29) is 0 Å². The normalized spacial score (nSPS) is 11.3. The molecule has 0 amide bonds. The molecular formula is C60H41N. The van der Waals surface area contributed by atoms with E-state index in [0.29, 0.717) is 0 Å². The maximum atomic E-state index is 2.43. The van der Waals surface area contributed by atoms with Gasteiger partial charge in [0, 0.05) is 16.9 Å². The maximum Gasteiger partial charge on any atom is 0.0540 e. The van der Waals surface area contributed by atoms with Crippen LogP contribution in [0.3, 0.4) is 0 Å². The number of fused-ring (bicyclic) bond motifs is 4. The van der Waals surface area contributed by atoms with Crippen LogP contribution in [0.15, 0.2) is 249 Å². The molecule has 0 atom stereocenters. The van der Waals surface area contributed by atoms with E-state index in [1.165, 1.54) is 76.8 Å². The third kappa shape index (κ3) is 6.83. The first-order chi connectivity index (χ1) is 30.2.